The van der Waals surface area contributed by atoms with Gasteiger partial charge in [0.05, 0.1) is 21.4 Å². The van der Waals surface area contributed by atoms with Crippen LogP contribution < -0.4 is 5.32 Å². The molecule has 0 unspecified atom stereocenters. The summed E-state index contributed by atoms with van der Waals surface area (Å²) in [7, 11) is 0. The summed E-state index contributed by atoms with van der Waals surface area (Å²) in [6.07, 6.45) is 0. The van der Waals surface area contributed by atoms with Crippen molar-refractivity contribution in [3.05, 3.63) is 101 Å². The maximum atomic E-state index is 12.7. The van der Waals surface area contributed by atoms with Crippen molar-refractivity contribution in [2.45, 2.75) is 0 Å². The van der Waals surface area contributed by atoms with Crippen molar-refractivity contribution in [3.8, 4) is 22.5 Å². The summed E-state index contributed by atoms with van der Waals surface area (Å²) in [5.41, 5.74) is 3.65. The van der Waals surface area contributed by atoms with Crippen LogP contribution in [0, 0.1) is 0 Å². The van der Waals surface area contributed by atoms with E-state index in [1.165, 1.54) is 6.07 Å². The van der Waals surface area contributed by atoms with E-state index in [-0.39, 0.29) is 11.9 Å². The van der Waals surface area contributed by atoms with Gasteiger partial charge in [0, 0.05) is 16.7 Å². The number of carbonyl (C=O) groups is 1. The Labute approximate surface area is 178 Å². The SMILES string of the molecule is O=C(Nc1nc(-c2ccccc2)cc(-c2ccccc2)n1)c1ccc(Cl)c(Cl)c1. The van der Waals surface area contributed by atoms with Gasteiger partial charge < -0.3 is 0 Å². The Morgan fingerprint density at radius 1 is 0.690 bits per heavy atom. The summed E-state index contributed by atoms with van der Waals surface area (Å²) in [4.78, 5) is 21.7. The Morgan fingerprint density at radius 3 is 1.76 bits per heavy atom. The molecule has 1 amide bonds. The fourth-order valence-electron chi connectivity index (χ4n) is 2.83. The quantitative estimate of drug-likeness (QED) is 0.417. The minimum atomic E-state index is -0.368. The lowest BCUT2D eigenvalue weighted by atomic mass is 10.1. The molecule has 0 fully saturated rings. The number of anilines is 1. The summed E-state index contributed by atoms with van der Waals surface area (Å²) in [5.74, 6) is -0.158. The van der Waals surface area contributed by atoms with Gasteiger partial charge in [0.2, 0.25) is 5.95 Å². The molecular formula is C23H15Cl2N3O. The van der Waals surface area contributed by atoms with E-state index in [9.17, 15) is 4.79 Å². The third-order valence-electron chi connectivity index (χ3n) is 4.27. The normalized spacial score (nSPS) is 10.6. The molecule has 0 atom stereocenters. The summed E-state index contributed by atoms with van der Waals surface area (Å²) in [6, 6.07) is 26.1. The standard InChI is InChI=1S/C23H15Cl2N3O/c24-18-12-11-17(13-19(18)25)22(29)28-23-26-20(15-7-3-1-4-8-15)14-21(27-23)16-9-5-2-6-10-16/h1-14H,(H,26,27,28,29). The first-order valence-electron chi connectivity index (χ1n) is 8.86. The highest BCUT2D eigenvalue weighted by Gasteiger charge is 2.13. The summed E-state index contributed by atoms with van der Waals surface area (Å²) in [5, 5.41) is 3.46. The van der Waals surface area contributed by atoms with Crippen molar-refractivity contribution in [2.75, 3.05) is 5.32 Å². The van der Waals surface area contributed by atoms with Gasteiger partial charge in [0.1, 0.15) is 0 Å². The van der Waals surface area contributed by atoms with E-state index < -0.39 is 0 Å². The van der Waals surface area contributed by atoms with E-state index in [0.29, 0.717) is 27.0 Å². The monoisotopic (exact) mass is 419 g/mol. The number of rotatable bonds is 4. The Morgan fingerprint density at radius 2 is 1.24 bits per heavy atom. The van der Waals surface area contributed by atoms with Gasteiger partial charge in [-0.15, -0.1) is 0 Å². The van der Waals surface area contributed by atoms with E-state index >= 15 is 0 Å². The summed E-state index contributed by atoms with van der Waals surface area (Å²) >= 11 is 12.0. The second-order valence-electron chi connectivity index (χ2n) is 6.28. The molecule has 0 spiro atoms. The molecule has 29 heavy (non-hydrogen) atoms. The van der Waals surface area contributed by atoms with E-state index in [0.717, 1.165) is 11.1 Å². The van der Waals surface area contributed by atoms with E-state index in [1.54, 1.807) is 12.1 Å². The van der Waals surface area contributed by atoms with Crippen LogP contribution in [0.1, 0.15) is 10.4 Å². The molecule has 142 valence electrons. The molecule has 0 radical (unpaired) electrons. The number of aromatic nitrogens is 2. The molecule has 4 nitrogen and oxygen atoms in total. The van der Waals surface area contributed by atoms with Crippen molar-refractivity contribution in [3.63, 3.8) is 0 Å². The molecule has 0 saturated heterocycles. The average molecular weight is 420 g/mol. The molecule has 4 aromatic rings. The Hall–Kier alpha value is -3.21. The Kier molecular flexibility index (Phi) is 5.56. The van der Waals surface area contributed by atoms with Crippen molar-refractivity contribution >= 4 is 35.1 Å². The predicted molar refractivity (Wildman–Crippen MR) is 117 cm³/mol. The third-order valence-corrected chi connectivity index (χ3v) is 5.01. The zero-order valence-electron chi connectivity index (χ0n) is 15.1. The molecule has 3 aromatic carbocycles. The number of carbonyl (C=O) groups excluding carboxylic acids is 1. The van der Waals surface area contributed by atoms with Gasteiger partial charge in [-0.25, -0.2) is 9.97 Å². The summed E-state index contributed by atoms with van der Waals surface area (Å²) < 4.78 is 0. The second kappa shape index (κ2) is 8.43. The molecule has 6 heteroatoms. The molecule has 1 aromatic heterocycles. The lowest BCUT2D eigenvalue weighted by molar-refractivity contribution is 0.102. The zero-order chi connectivity index (χ0) is 20.2. The minimum Gasteiger partial charge on any atom is -0.290 e. The average Bonchev–Trinajstić information content (AvgIpc) is 2.76. The first kappa shape index (κ1) is 19.1. The number of nitrogens with one attached hydrogen (secondary N) is 1. The first-order chi connectivity index (χ1) is 14.1. The molecule has 0 aliphatic heterocycles. The molecule has 0 bridgehead atoms. The number of amides is 1. The topological polar surface area (TPSA) is 54.9 Å². The van der Waals surface area contributed by atoms with Crippen molar-refractivity contribution in [1.82, 2.24) is 9.97 Å². The first-order valence-corrected chi connectivity index (χ1v) is 9.62. The fraction of sp³-hybridized carbons (Fsp3) is 0. The molecule has 4 rings (SSSR count). The lowest BCUT2D eigenvalue weighted by Gasteiger charge is -2.10. The highest BCUT2D eigenvalue weighted by molar-refractivity contribution is 6.42. The highest BCUT2D eigenvalue weighted by Crippen LogP contribution is 2.26. The van der Waals surface area contributed by atoms with Crippen LogP contribution in [0.4, 0.5) is 5.95 Å². The van der Waals surface area contributed by atoms with Crippen LogP contribution in [-0.2, 0) is 0 Å². The van der Waals surface area contributed by atoms with Crippen LogP contribution in [0.15, 0.2) is 84.9 Å². The number of nitrogens with zero attached hydrogens (tertiary/aromatic N) is 2. The van der Waals surface area contributed by atoms with Gasteiger partial charge >= 0.3 is 0 Å². The van der Waals surface area contributed by atoms with Gasteiger partial charge in [0.15, 0.2) is 0 Å². The molecule has 0 aliphatic rings. The zero-order valence-corrected chi connectivity index (χ0v) is 16.7. The van der Waals surface area contributed by atoms with Crippen molar-refractivity contribution < 1.29 is 4.79 Å². The molecule has 1 heterocycles. The minimum absolute atomic E-state index is 0.210. The van der Waals surface area contributed by atoms with Crippen molar-refractivity contribution in [2.24, 2.45) is 0 Å². The van der Waals surface area contributed by atoms with E-state index in [4.69, 9.17) is 23.2 Å². The Balaban J connectivity index is 1.74. The number of hydrogen-bond donors (Lipinski definition) is 1. The maximum absolute atomic E-state index is 12.7. The highest BCUT2D eigenvalue weighted by atomic mass is 35.5. The van der Waals surface area contributed by atoms with Gasteiger partial charge in [-0.2, -0.15) is 0 Å². The van der Waals surface area contributed by atoms with E-state index in [2.05, 4.69) is 15.3 Å². The fourth-order valence-corrected chi connectivity index (χ4v) is 3.13. The van der Waals surface area contributed by atoms with Crippen LogP contribution in [-0.4, -0.2) is 15.9 Å². The third kappa shape index (κ3) is 4.45. The summed E-state index contributed by atoms with van der Waals surface area (Å²) in [6.45, 7) is 0. The second-order valence-corrected chi connectivity index (χ2v) is 7.09. The number of benzene rings is 3. The van der Waals surface area contributed by atoms with Gasteiger partial charge in [-0.05, 0) is 24.3 Å². The van der Waals surface area contributed by atoms with Crippen LogP contribution in [0.5, 0.6) is 0 Å². The van der Waals surface area contributed by atoms with E-state index in [1.807, 2.05) is 66.7 Å². The van der Waals surface area contributed by atoms with Crippen LogP contribution >= 0.6 is 23.2 Å². The van der Waals surface area contributed by atoms with Gasteiger partial charge in [-0.1, -0.05) is 83.9 Å². The molecule has 0 saturated carbocycles. The van der Waals surface area contributed by atoms with Gasteiger partial charge in [0.25, 0.3) is 5.91 Å². The molecule has 0 aliphatic carbocycles. The molecule has 1 N–H and O–H groups in total. The largest absolute Gasteiger partial charge is 0.290 e. The van der Waals surface area contributed by atoms with Crippen LogP contribution in [0.2, 0.25) is 10.0 Å². The number of halogens is 2. The van der Waals surface area contributed by atoms with Crippen LogP contribution in [0.3, 0.4) is 0 Å². The van der Waals surface area contributed by atoms with Crippen molar-refractivity contribution in [1.29, 1.82) is 0 Å². The van der Waals surface area contributed by atoms with Gasteiger partial charge in [-0.3, -0.25) is 10.1 Å². The molecular weight excluding hydrogens is 405 g/mol. The lowest BCUT2D eigenvalue weighted by Crippen LogP contribution is -2.14. The number of hydrogen-bond acceptors (Lipinski definition) is 3. The maximum Gasteiger partial charge on any atom is 0.258 e. The predicted octanol–water partition coefficient (Wildman–Crippen LogP) is 6.37. The Bertz CT molecular complexity index is 1110. The van der Waals surface area contributed by atoms with Crippen LogP contribution in [0.25, 0.3) is 22.5 Å². The smallest absolute Gasteiger partial charge is 0.258 e.